The first-order valence-electron chi connectivity index (χ1n) is 6.23. The lowest BCUT2D eigenvalue weighted by atomic mass is 10.1. The van der Waals surface area contributed by atoms with Gasteiger partial charge in [0.25, 0.3) is 0 Å². The zero-order valence-electron chi connectivity index (χ0n) is 10.6. The molecular formula is C13H18FN3O2. The number of aliphatic hydroxyl groups excluding tert-OH is 1. The summed E-state index contributed by atoms with van der Waals surface area (Å²) < 4.78 is 13.2. The Morgan fingerprint density at radius 3 is 2.95 bits per heavy atom. The largest absolute Gasteiger partial charge is 0.409 e. The number of hydrogen-bond acceptors (Lipinski definition) is 4. The van der Waals surface area contributed by atoms with Gasteiger partial charge in [-0.25, -0.2) is 4.39 Å². The van der Waals surface area contributed by atoms with Crippen LogP contribution in [-0.2, 0) is 6.54 Å². The minimum atomic E-state index is -0.417. The highest BCUT2D eigenvalue weighted by Gasteiger charge is 2.22. The molecule has 1 aliphatic rings. The van der Waals surface area contributed by atoms with Gasteiger partial charge in [0.15, 0.2) is 5.84 Å². The van der Waals surface area contributed by atoms with Crippen molar-refractivity contribution in [3.63, 3.8) is 0 Å². The molecule has 0 spiro atoms. The van der Waals surface area contributed by atoms with Gasteiger partial charge in [0, 0.05) is 25.3 Å². The number of oxime groups is 1. The Hall–Kier alpha value is -1.66. The van der Waals surface area contributed by atoms with Crippen LogP contribution in [0.15, 0.2) is 23.4 Å². The quantitative estimate of drug-likeness (QED) is 0.325. The Balaban J connectivity index is 2.16. The van der Waals surface area contributed by atoms with E-state index < -0.39 is 5.82 Å². The molecule has 19 heavy (non-hydrogen) atoms. The van der Waals surface area contributed by atoms with E-state index in [0.29, 0.717) is 18.0 Å². The van der Waals surface area contributed by atoms with Crippen LogP contribution in [0.25, 0.3) is 0 Å². The molecular weight excluding hydrogens is 249 g/mol. The molecule has 5 nitrogen and oxygen atoms in total. The van der Waals surface area contributed by atoms with Gasteiger partial charge in [-0.05, 0) is 36.6 Å². The van der Waals surface area contributed by atoms with Crippen LogP contribution >= 0.6 is 0 Å². The van der Waals surface area contributed by atoms with E-state index in [2.05, 4.69) is 10.1 Å². The maximum Gasteiger partial charge on any atom is 0.170 e. The Kier molecular flexibility index (Phi) is 4.34. The standard InChI is InChI=1S/C13H18FN3O2/c14-11-2-1-10(12(5-11)13(15)16-19)7-17-4-3-9(6-17)8-18/h1-2,5,9,18-19H,3-4,6-8H2,(H2,15,16). The number of rotatable bonds is 4. The van der Waals surface area contributed by atoms with Crippen molar-refractivity contribution in [2.45, 2.75) is 13.0 Å². The van der Waals surface area contributed by atoms with E-state index in [1.807, 2.05) is 0 Å². The highest BCUT2D eigenvalue weighted by Crippen LogP contribution is 2.20. The van der Waals surface area contributed by atoms with Gasteiger partial charge < -0.3 is 16.0 Å². The number of aliphatic hydroxyl groups is 1. The lowest BCUT2D eigenvalue weighted by Crippen LogP contribution is -2.24. The van der Waals surface area contributed by atoms with E-state index in [9.17, 15) is 4.39 Å². The van der Waals surface area contributed by atoms with E-state index in [1.54, 1.807) is 6.07 Å². The summed E-state index contributed by atoms with van der Waals surface area (Å²) in [6.07, 6.45) is 0.955. The molecule has 1 atom stereocenters. The molecule has 4 N–H and O–H groups in total. The van der Waals surface area contributed by atoms with Crippen LogP contribution in [0.3, 0.4) is 0 Å². The van der Waals surface area contributed by atoms with Crippen molar-refractivity contribution in [3.05, 3.63) is 35.1 Å². The lowest BCUT2D eigenvalue weighted by molar-refractivity contribution is 0.220. The van der Waals surface area contributed by atoms with Gasteiger partial charge in [0.1, 0.15) is 5.82 Å². The summed E-state index contributed by atoms with van der Waals surface area (Å²) in [5.74, 6) is -0.208. The van der Waals surface area contributed by atoms with E-state index in [1.165, 1.54) is 12.1 Å². The van der Waals surface area contributed by atoms with Crippen LogP contribution in [0.1, 0.15) is 17.5 Å². The second-order valence-corrected chi connectivity index (χ2v) is 4.86. The van der Waals surface area contributed by atoms with Crippen LogP contribution in [-0.4, -0.2) is 40.7 Å². The smallest absolute Gasteiger partial charge is 0.170 e. The Bertz CT molecular complexity index is 479. The van der Waals surface area contributed by atoms with Crippen LogP contribution in [0.2, 0.25) is 0 Å². The zero-order chi connectivity index (χ0) is 13.8. The lowest BCUT2D eigenvalue weighted by Gasteiger charge is -2.17. The van der Waals surface area contributed by atoms with Crippen molar-refractivity contribution < 1.29 is 14.7 Å². The molecule has 2 rings (SSSR count). The minimum Gasteiger partial charge on any atom is -0.409 e. The highest BCUT2D eigenvalue weighted by atomic mass is 19.1. The predicted molar refractivity (Wildman–Crippen MR) is 69.4 cm³/mol. The first-order chi connectivity index (χ1) is 9.13. The summed E-state index contributed by atoms with van der Waals surface area (Å²) in [7, 11) is 0. The number of benzene rings is 1. The first-order valence-corrected chi connectivity index (χ1v) is 6.23. The second-order valence-electron chi connectivity index (χ2n) is 4.86. The van der Waals surface area contributed by atoms with Gasteiger partial charge in [-0.3, -0.25) is 4.90 Å². The Morgan fingerprint density at radius 2 is 2.32 bits per heavy atom. The average molecular weight is 267 g/mol. The molecule has 0 radical (unpaired) electrons. The van der Waals surface area contributed by atoms with Gasteiger partial charge in [-0.1, -0.05) is 11.2 Å². The van der Waals surface area contributed by atoms with Crippen molar-refractivity contribution >= 4 is 5.84 Å². The number of likely N-dealkylation sites (tertiary alicyclic amines) is 1. The molecule has 6 heteroatoms. The number of halogens is 1. The molecule has 1 heterocycles. The summed E-state index contributed by atoms with van der Waals surface area (Å²) in [4.78, 5) is 2.17. The van der Waals surface area contributed by atoms with Crippen LogP contribution in [0.5, 0.6) is 0 Å². The first kappa shape index (κ1) is 13.8. The number of nitrogens with two attached hydrogens (primary N) is 1. The Labute approximate surface area is 111 Å². The third kappa shape index (κ3) is 3.21. The fourth-order valence-electron chi connectivity index (χ4n) is 2.43. The molecule has 1 fully saturated rings. The third-order valence-electron chi connectivity index (χ3n) is 3.48. The van der Waals surface area contributed by atoms with E-state index >= 15 is 0 Å². The fourth-order valence-corrected chi connectivity index (χ4v) is 2.43. The maximum absolute atomic E-state index is 13.2. The van der Waals surface area contributed by atoms with E-state index in [0.717, 1.165) is 25.1 Å². The van der Waals surface area contributed by atoms with Gasteiger partial charge in [0.05, 0.1) is 0 Å². The van der Waals surface area contributed by atoms with Crippen molar-refractivity contribution in [2.24, 2.45) is 16.8 Å². The molecule has 0 amide bonds. The molecule has 1 saturated heterocycles. The molecule has 1 unspecified atom stereocenters. The van der Waals surface area contributed by atoms with Crippen molar-refractivity contribution in [1.82, 2.24) is 4.90 Å². The van der Waals surface area contributed by atoms with E-state index in [4.69, 9.17) is 16.0 Å². The Morgan fingerprint density at radius 1 is 1.53 bits per heavy atom. The monoisotopic (exact) mass is 267 g/mol. The third-order valence-corrected chi connectivity index (χ3v) is 3.48. The molecule has 0 aliphatic carbocycles. The molecule has 0 saturated carbocycles. The van der Waals surface area contributed by atoms with Gasteiger partial charge in [-0.15, -0.1) is 0 Å². The maximum atomic E-state index is 13.2. The number of hydrogen-bond donors (Lipinski definition) is 3. The molecule has 0 aromatic heterocycles. The number of nitrogens with zero attached hydrogens (tertiary/aromatic N) is 2. The van der Waals surface area contributed by atoms with Crippen LogP contribution in [0.4, 0.5) is 4.39 Å². The summed E-state index contributed by atoms with van der Waals surface area (Å²) in [6.45, 7) is 2.48. The minimum absolute atomic E-state index is 0.0904. The van der Waals surface area contributed by atoms with Crippen molar-refractivity contribution in [3.8, 4) is 0 Å². The van der Waals surface area contributed by atoms with Crippen molar-refractivity contribution in [2.75, 3.05) is 19.7 Å². The normalized spacial score (nSPS) is 20.9. The molecule has 1 aromatic rings. The van der Waals surface area contributed by atoms with Crippen LogP contribution < -0.4 is 5.73 Å². The fraction of sp³-hybridized carbons (Fsp3) is 0.462. The predicted octanol–water partition coefficient (Wildman–Crippen LogP) is 0.734. The highest BCUT2D eigenvalue weighted by molar-refractivity contribution is 5.98. The number of amidine groups is 1. The zero-order valence-corrected chi connectivity index (χ0v) is 10.6. The van der Waals surface area contributed by atoms with Gasteiger partial charge >= 0.3 is 0 Å². The summed E-state index contributed by atoms with van der Waals surface area (Å²) in [5, 5.41) is 20.8. The van der Waals surface area contributed by atoms with Gasteiger partial charge in [-0.2, -0.15) is 0 Å². The molecule has 104 valence electrons. The summed E-state index contributed by atoms with van der Waals surface area (Å²) in [5.41, 5.74) is 6.79. The summed E-state index contributed by atoms with van der Waals surface area (Å²) >= 11 is 0. The van der Waals surface area contributed by atoms with Crippen molar-refractivity contribution in [1.29, 1.82) is 0 Å². The molecule has 1 aliphatic heterocycles. The average Bonchev–Trinajstić information content (AvgIpc) is 2.87. The molecule has 0 bridgehead atoms. The van der Waals surface area contributed by atoms with Crippen LogP contribution in [0, 0.1) is 11.7 Å². The molecule has 1 aromatic carbocycles. The topological polar surface area (TPSA) is 82.1 Å². The second kappa shape index (κ2) is 5.99. The summed E-state index contributed by atoms with van der Waals surface area (Å²) in [6, 6.07) is 4.28. The van der Waals surface area contributed by atoms with Gasteiger partial charge in [0.2, 0.25) is 0 Å². The SMILES string of the molecule is N/C(=N/O)c1cc(F)ccc1CN1CCC(CO)C1. The van der Waals surface area contributed by atoms with E-state index in [-0.39, 0.29) is 12.4 Å².